The van der Waals surface area contributed by atoms with Crippen LogP contribution >= 0.6 is 0 Å². The normalized spacial score (nSPS) is 14.4. The third kappa shape index (κ3) is 4.01. The third-order valence-corrected chi connectivity index (χ3v) is 6.34. The number of imidazole rings is 1. The van der Waals surface area contributed by atoms with Gasteiger partial charge in [0.25, 0.3) is 10.0 Å². The highest BCUT2D eigenvalue weighted by atomic mass is 32.2. The monoisotopic (exact) mass is 451 g/mol. The summed E-state index contributed by atoms with van der Waals surface area (Å²) in [7, 11) is -4.71. The van der Waals surface area contributed by atoms with Gasteiger partial charge in [-0.25, -0.2) is 13.4 Å². The maximum atomic E-state index is 13.9. The second kappa shape index (κ2) is 7.58. The first kappa shape index (κ1) is 22.1. The highest BCUT2D eigenvalue weighted by Gasteiger charge is 2.49. The van der Waals surface area contributed by atoms with Gasteiger partial charge in [-0.05, 0) is 29.8 Å². The zero-order chi connectivity index (χ0) is 22.3. The van der Waals surface area contributed by atoms with Crippen molar-refractivity contribution in [3.63, 3.8) is 0 Å². The largest absolute Gasteiger partial charge is 0.416 e. The maximum absolute atomic E-state index is 13.9. The summed E-state index contributed by atoms with van der Waals surface area (Å²) in [4.78, 5) is 3.89. The summed E-state index contributed by atoms with van der Waals surface area (Å²) < 4.78 is 108. The van der Waals surface area contributed by atoms with E-state index in [-0.39, 0.29) is 9.95 Å². The van der Waals surface area contributed by atoms with E-state index in [2.05, 4.69) is 4.98 Å². The molecule has 0 saturated carbocycles. The smallest absolute Gasteiger partial charge is 0.289 e. The maximum Gasteiger partial charge on any atom is 0.416 e. The molecule has 2 aromatic heterocycles. The average molecular weight is 451 g/mol. The van der Waals surface area contributed by atoms with Crippen LogP contribution in [0.5, 0.6) is 0 Å². The van der Waals surface area contributed by atoms with Crippen LogP contribution in [-0.4, -0.2) is 34.8 Å². The van der Waals surface area contributed by atoms with E-state index < -0.39 is 51.1 Å². The van der Waals surface area contributed by atoms with Gasteiger partial charge >= 0.3 is 12.4 Å². The van der Waals surface area contributed by atoms with E-state index in [1.54, 1.807) is 6.07 Å². The topological polar surface area (TPSA) is 54.7 Å². The molecule has 0 saturated heterocycles. The Bertz CT molecular complexity index is 1140. The lowest BCUT2D eigenvalue weighted by Gasteiger charge is -2.31. The number of alkyl halides is 6. The van der Waals surface area contributed by atoms with Crippen LogP contribution in [-0.2, 0) is 16.2 Å². The van der Waals surface area contributed by atoms with E-state index in [0.29, 0.717) is 24.3 Å². The van der Waals surface area contributed by atoms with Gasteiger partial charge in [-0.3, -0.25) is 4.40 Å². The lowest BCUT2D eigenvalue weighted by atomic mass is 10.0. The van der Waals surface area contributed by atoms with E-state index in [1.807, 2.05) is 0 Å². The summed E-state index contributed by atoms with van der Waals surface area (Å²) in [6, 6.07) is 4.11. The van der Waals surface area contributed by atoms with Crippen LogP contribution in [0, 0.1) is 0 Å². The molecule has 1 atom stereocenters. The number of fused-ring (bicyclic) bond motifs is 1. The lowest BCUT2D eigenvalue weighted by Crippen LogP contribution is -2.42. The SMILES string of the molecule is CCN([C@H](c1ccc(C(F)(F)F)cc1)C(F)(F)F)S(=O)(=O)c1cnc2ccccn12. The second-order valence-corrected chi connectivity index (χ2v) is 8.13. The van der Waals surface area contributed by atoms with Crippen molar-refractivity contribution in [3.05, 3.63) is 66.0 Å². The van der Waals surface area contributed by atoms with E-state index in [0.717, 1.165) is 10.6 Å². The van der Waals surface area contributed by atoms with Crippen LogP contribution in [0.1, 0.15) is 24.1 Å². The molecule has 162 valence electrons. The molecule has 0 amide bonds. The van der Waals surface area contributed by atoms with Gasteiger partial charge in [0, 0.05) is 12.7 Å². The molecule has 3 aromatic rings. The van der Waals surface area contributed by atoms with Crippen molar-refractivity contribution in [3.8, 4) is 0 Å². The van der Waals surface area contributed by atoms with E-state index >= 15 is 0 Å². The minimum Gasteiger partial charge on any atom is -0.289 e. The molecule has 2 heterocycles. The quantitative estimate of drug-likeness (QED) is 0.530. The van der Waals surface area contributed by atoms with Gasteiger partial charge in [-0.1, -0.05) is 25.1 Å². The van der Waals surface area contributed by atoms with Crippen molar-refractivity contribution in [2.75, 3.05) is 6.54 Å². The van der Waals surface area contributed by atoms with Crippen LogP contribution < -0.4 is 0 Å². The van der Waals surface area contributed by atoms with Gasteiger partial charge in [0.05, 0.1) is 11.8 Å². The first-order chi connectivity index (χ1) is 13.9. The Hall–Kier alpha value is -2.60. The van der Waals surface area contributed by atoms with Crippen molar-refractivity contribution in [2.45, 2.75) is 30.3 Å². The Balaban J connectivity index is 2.12. The number of aromatic nitrogens is 2. The number of benzene rings is 1. The summed E-state index contributed by atoms with van der Waals surface area (Å²) in [5.74, 6) is 0. The predicted octanol–water partition coefficient (Wildman–Crippen LogP) is 4.67. The highest BCUT2D eigenvalue weighted by Crippen LogP contribution is 2.41. The molecule has 0 bridgehead atoms. The Kier molecular flexibility index (Phi) is 5.58. The van der Waals surface area contributed by atoms with Gasteiger partial charge in [0.1, 0.15) is 11.7 Å². The summed E-state index contributed by atoms with van der Waals surface area (Å²) >= 11 is 0. The first-order valence-electron chi connectivity index (χ1n) is 8.55. The van der Waals surface area contributed by atoms with Crippen LogP contribution in [0.4, 0.5) is 26.3 Å². The fraction of sp³-hybridized carbons (Fsp3) is 0.278. The molecule has 0 aliphatic rings. The molecular formula is C18H15F6N3O2S. The number of sulfonamides is 1. The fourth-order valence-electron chi connectivity index (χ4n) is 3.08. The summed E-state index contributed by atoms with van der Waals surface area (Å²) in [6.45, 7) is 0.636. The van der Waals surface area contributed by atoms with E-state index in [1.165, 1.54) is 25.3 Å². The predicted molar refractivity (Wildman–Crippen MR) is 95.0 cm³/mol. The van der Waals surface area contributed by atoms with Crippen LogP contribution in [0.3, 0.4) is 0 Å². The average Bonchev–Trinajstić information content (AvgIpc) is 3.09. The molecular weight excluding hydrogens is 436 g/mol. The number of nitrogens with zero attached hydrogens (tertiary/aromatic N) is 3. The van der Waals surface area contributed by atoms with Gasteiger partial charge in [-0.15, -0.1) is 0 Å². The van der Waals surface area contributed by atoms with Gasteiger partial charge in [-0.2, -0.15) is 30.6 Å². The lowest BCUT2D eigenvalue weighted by molar-refractivity contribution is -0.173. The number of hydrogen-bond acceptors (Lipinski definition) is 3. The molecule has 0 spiro atoms. The van der Waals surface area contributed by atoms with Crippen molar-refractivity contribution in [1.29, 1.82) is 0 Å². The molecule has 5 nitrogen and oxygen atoms in total. The number of rotatable bonds is 5. The molecule has 0 aliphatic heterocycles. The van der Waals surface area contributed by atoms with E-state index in [4.69, 9.17) is 0 Å². The molecule has 0 fully saturated rings. The molecule has 0 aliphatic carbocycles. The number of halogens is 6. The Morgan fingerprint density at radius 3 is 2.20 bits per heavy atom. The van der Waals surface area contributed by atoms with Crippen molar-refractivity contribution >= 4 is 15.7 Å². The number of hydrogen-bond donors (Lipinski definition) is 0. The van der Waals surface area contributed by atoms with Crippen molar-refractivity contribution in [1.82, 2.24) is 13.7 Å². The summed E-state index contributed by atoms with van der Waals surface area (Å²) in [5, 5.41) is -0.485. The minimum atomic E-state index is -5.08. The van der Waals surface area contributed by atoms with Crippen LogP contribution in [0.15, 0.2) is 59.9 Å². The Labute approximate surface area is 167 Å². The molecule has 1 aromatic carbocycles. The minimum absolute atomic E-state index is 0.200. The van der Waals surface area contributed by atoms with Gasteiger partial charge in [0.2, 0.25) is 0 Å². The van der Waals surface area contributed by atoms with Crippen LogP contribution in [0.25, 0.3) is 5.65 Å². The molecule has 12 heteroatoms. The zero-order valence-corrected chi connectivity index (χ0v) is 16.1. The van der Waals surface area contributed by atoms with Crippen molar-refractivity contribution < 1.29 is 34.8 Å². The second-order valence-electron chi connectivity index (χ2n) is 6.30. The zero-order valence-electron chi connectivity index (χ0n) is 15.3. The van der Waals surface area contributed by atoms with E-state index in [9.17, 15) is 34.8 Å². The number of pyridine rings is 1. The Morgan fingerprint density at radius 2 is 1.67 bits per heavy atom. The Morgan fingerprint density at radius 1 is 1.03 bits per heavy atom. The molecule has 0 radical (unpaired) electrons. The van der Waals surface area contributed by atoms with Crippen molar-refractivity contribution in [2.24, 2.45) is 0 Å². The third-order valence-electron chi connectivity index (χ3n) is 4.42. The molecule has 0 N–H and O–H groups in total. The van der Waals surface area contributed by atoms with Gasteiger partial charge in [0.15, 0.2) is 5.03 Å². The molecule has 0 unspecified atom stereocenters. The summed E-state index contributed by atoms with van der Waals surface area (Å²) in [5.41, 5.74) is -1.56. The molecule has 30 heavy (non-hydrogen) atoms. The first-order valence-corrected chi connectivity index (χ1v) is 9.99. The highest BCUT2D eigenvalue weighted by molar-refractivity contribution is 7.89. The van der Waals surface area contributed by atoms with Crippen LogP contribution in [0.2, 0.25) is 0 Å². The van der Waals surface area contributed by atoms with Gasteiger partial charge < -0.3 is 0 Å². The summed E-state index contributed by atoms with van der Waals surface area (Å²) in [6.07, 6.45) is -7.54. The fourth-order valence-corrected chi connectivity index (χ4v) is 4.77. The molecule has 3 rings (SSSR count). The standard InChI is InChI=1S/C18H15F6N3O2S/c1-2-27(30(28,29)15-11-25-14-5-3-4-10-26(14)15)16(18(22,23)24)12-6-8-13(9-7-12)17(19,20)21/h3-11,16H,2H2,1H3/t16-/m1/s1.